The van der Waals surface area contributed by atoms with Crippen LogP contribution in [0.4, 0.5) is 11.6 Å². The standard InChI is InChI=1S/C27H34N6O/c1-18-6-7-26-23(8-18)13-29-27(31-26)30-25-10-21(16-33-14-19(2)34-20(3)15-33)9-22(11-25)24(12-28)17-32(4)5/h6-13,17,19-20,28H,14-16H2,1-5H3,(H,29,30,31)/b24-17+,28-12?. The molecule has 2 N–H and O–H groups in total. The van der Waals surface area contributed by atoms with Gasteiger partial charge in [-0.25, -0.2) is 9.97 Å². The molecule has 0 aliphatic carbocycles. The van der Waals surface area contributed by atoms with Gasteiger partial charge in [-0.05, 0) is 62.2 Å². The van der Waals surface area contributed by atoms with Crippen LogP contribution in [-0.2, 0) is 11.3 Å². The van der Waals surface area contributed by atoms with Crippen LogP contribution in [-0.4, -0.2) is 65.4 Å². The lowest BCUT2D eigenvalue weighted by molar-refractivity contribution is -0.0704. The van der Waals surface area contributed by atoms with E-state index >= 15 is 0 Å². The minimum Gasteiger partial charge on any atom is -0.383 e. The normalized spacial score (nSPS) is 19.3. The Morgan fingerprint density at radius 3 is 2.65 bits per heavy atom. The van der Waals surface area contributed by atoms with E-state index in [9.17, 15) is 0 Å². The van der Waals surface area contributed by atoms with Gasteiger partial charge in [-0.3, -0.25) is 4.90 Å². The predicted molar refractivity (Wildman–Crippen MR) is 140 cm³/mol. The van der Waals surface area contributed by atoms with Crippen molar-refractivity contribution in [3.05, 3.63) is 65.5 Å². The maximum Gasteiger partial charge on any atom is 0.227 e. The number of aryl methyl sites for hydroxylation is 1. The maximum absolute atomic E-state index is 7.97. The number of fused-ring (bicyclic) bond motifs is 1. The molecule has 0 spiro atoms. The number of nitrogens with zero attached hydrogens (tertiary/aromatic N) is 4. The van der Waals surface area contributed by atoms with E-state index in [1.165, 1.54) is 17.3 Å². The van der Waals surface area contributed by atoms with Crippen LogP contribution in [0, 0.1) is 12.3 Å². The predicted octanol–water partition coefficient (Wildman–Crippen LogP) is 4.84. The topological polar surface area (TPSA) is 77.4 Å². The lowest BCUT2D eigenvalue weighted by atomic mass is 10.0. The number of aromatic nitrogens is 2. The van der Waals surface area contributed by atoms with Crippen molar-refractivity contribution in [3.63, 3.8) is 0 Å². The molecule has 1 aromatic heterocycles. The average Bonchev–Trinajstić information content (AvgIpc) is 2.76. The Hall–Kier alpha value is -3.29. The first-order valence-corrected chi connectivity index (χ1v) is 11.7. The van der Waals surface area contributed by atoms with Gasteiger partial charge >= 0.3 is 0 Å². The van der Waals surface area contributed by atoms with Crippen molar-refractivity contribution in [3.8, 4) is 0 Å². The molecule has 3 aromatic rings. The summed E-state index contributed by atoms with van der Waals surface area (Å²) in [4.78, 5) is 13.6. The summed E-state index contributed by atoms with van der Waals surface area (Å²) < 4.78 is 5.91. The van der Waals surface area contributed by atoms with Gasteiger partial charge in [0.15, 0.2) is 0 Å². The SMILES string of the molecule is Cc1ccc2nc(Nc3cc(CN4CC(C)OC(C)C4)cc(/C(C=N)=C/N(C)C)c3)ncc2c1. The smallest absolute Gasteiger partial charge is 0.227 e. The first kappa shape index (κ1) is 23.9. The molecule has 2 unspecified atom stereocenters. The van der Waals surface area contributed by atoms with Crippen LogP contribution in [0.3, 0.4) is 0 Å². The average molecular weight is 459 g/mol. The quantitative estimate of drug-likeness (QED) is 0.493. The fraction of sp³-hybridized carbons (Fsp3) is 0.370. The van der Waals surface area contributed by atoms with E-state index < -0.39 is 0 Å². The lowest BCUT2D eigenvalue weighted by Crippen LogP contribution is -2.44. The third-order valence-electron chi connectivity index (χ3n) is 5.77. The highest BCUT2D eigenvalue weighted by atomic mass is 16.5. The van der Waals surface area contributed by atoms with E-state index in [1.54, 1.807) is 0 Å². The summed E-state index contributed by atoms with van der Waals surface area (Å²) in [6.45, 7) is 8.92. The number of nitrogens with one attached hydrogen (secondary N) is 2. The van der Waals surface area contributed by atoms with Crippen molar-refractivity contribution in [1.29, 1.82) is 5.41 Å². The molecule has 2 heterocycles. The summed E-state index contributed by atoms with van der Waals surface area (Å²) in [5, 5.41) is 12.4. The summed E-state index contributed by atoms with van der Waals surface area (Å²) in [5.41, 5.74) is 5.99. The molecule has 1 aliphatic heterocycles. The Bertz CT molecular complexity index is 1190. The molecule has 0 saturated carbocycles. The van der Waals surface area contributed by atoms with Crippen LogP contribution < -0.4 is 5.32 Å². The van der Waals surface area contributed by atoms with E-state index in [0.717, 1.165) is 47.4 Å². The number of hydrogen-bond donors (Lipinski definition) is 2. The van der Waals surface area contributed by atoms with Gasteiger partial charge in [-0.1, -0.05) is 11.6 Å². The van der Waals surface area contributed by atoms with E-state index in [0.29, 0.717) is 5.95 Å². The number of hydrogen-bond acceptors (Lipinski definition) is 7. The summed E-state index contributed by atoms with van der Waals surface area (Å²) in [6, 6.07) is 12.5. The van der Waals surface area contributed by atoms with Crippen molar-refractivity contribution in [2.75, 3.05) is 32.5 Å². The third-order valence-corrected chi connectivity index (χ3v) is 5.77. The van der Waals surface area contributed by atoms with Crippen molar-refractivity contribution < 1.29 is 4.74 Å². The molecule has 1 aliphatic rings. The van der Waals surface area contributed by atoms with Crippen molar-refractivity contribution in [2.45, 2.75) is 39.5 Å². The number of allylic oxidation sites excluding steroid dienone is 1. The van der Waals surface area contributed by atoms with Crippen LogP contribution in [0.25, 0.3) is 16.5 Å². The first-order valence-electron chi connectivity index (χ1n) is 11.7. The van der Waals surface area contributed by atoms with Crippen molar-refractivity contribution in [2.24, 2.45) is 0 Å². The Morgan fingerprint density at radius 1 is 1.18 bits per heavy atom. The number of ether oxygens (including phenoxy) is 1. The van der Waals surface area contributed by atoms with E-state index in [4.69, 9.17) is 15.1 Å². The Morgan fingerprint density at radius 2 is 1.94 bits per heavy atom. The molecule has 1 fully saturated rings. The Kier molecular flexibility index (Phi) is 7.24. The minimum atomic E-state index is 0.213. The van der Waals surface area contributed by atoms with Crippen LogP contribution in [0.2, 0.25) is 0 Å². The van der Waals surface area contributed by atoms with Gasteiger partial charge in [-0.2, -0.15) is 0 Å². The molecule has 7 heteroatoms. The molecule has 1 saturated heterocycles. The molecular weight excluding hydrogens is 424 g/mol. The van der Waals surface area contributed by atoms with Crippen LogP contribution in [0.15, 0.2) is 48.8 Å². The van der Waals surface area contributed by atoms with Crippen molar-refractivity contribution in [1.82, 2.24) is 19.8 Å². The minimum absolute atomic E-state index is 0.213. The van der Waals surface area contributed by atoms with Gasteiger partial charge in [0.25, 0.3) is 0 Å². The van der Waals surface area contributed by atoms with Gasteiger partial charge in [0.1, 0.15) is 0 Å². The van der Waals surface area contributed by atoms with Gasteiger partial charge < -0.3 is 20.4 Å². The Labute approximate surface area is 202 Å². The van der Waals surface area contributed by atoms with Gasteiger partial charge in [0, 0.05) is 69.0 Å². The largest absolute Gasteiger partial charge is 0.383 e. The van der Waals surface area contributed by atoms with E-state index in [1.807, 2.05) is 37.5 Å². The maximum atomic E-state index is 7.97. The summed E-state index contributed by atoms with van der Waals surface area (Å²) in [7, 11) is 3.93. The zero-order chi connectivity index (χ0) is 24.2. The zero-order valence-electron chi connectivity index (χ0n) is 20.7. The van der Waals surface area contributed by atoms with Crippen molar-refractivity contribution >= 4 is 34.3 Å². The van der Waals surface area contributed by atoms with Crippen LogP contribution >= 0.6 is 0 Å². The number of rotatable bonds is 7. The molecular formula is C27H34N6O. The summed E-state index contributed by atoms with van der Waals surface area (Å²) >= 11 is 0. The third kappa shape index (κ3) is 5.98. The molecule has 34 heavy (non-hydrogen) atoms. The molecule has 0 radical (unpaired) electrons. The molecule has 0 amide bonds. The highest BCUT2D eigenvalue weighted by molar-refractivity contribution is 6.08. The highest BCUT2D eigenvalue weighted by Crippen LogP contribution is 2.25. The first-order chi connectivity index (χ1) is 16.3. The molecule has 7 nitrogen and oxygen atoms in total. The molecule has 2 atom stereocenters. The fourth-order valence-electron chi connectivity index (χ4n) is 4.51. The Balaban J connectivity index is 1.67. The molecule has 178 valence electrons. The monoisotopic (exact) mass is 458 g/mol. The second-order valence-corrected chi connectivity index (χ2v) is 9.44. The van der Waals surface area contributed by atoms with Gasteiger partial charge in [0.2, 0.25) is 5.95 Å². The van der Waals surface area contributed by atoms with Gasteiger partial charge in [-0.15, -0.1) is 0 Å². The van der Waals surface area contributed by atoms with E-state index in [-0.39, 0.29) is 12.2 Å². The second-order valence-electron chi connectivity index (χ2n) is 9.44. The van der Waals surface area contributed by atoms with Crippen LogP contribution in [0.1, 0.15) is 30.5 Å². The number of benzene rings is 2. The lowest BCUT2D eigenvalue weighted by Gasteiger charge is -2.35. The van der Waals surface area contributed by atoms with Crippen LogP contribution in [0.5, 0.6) is 0 Å². The molecule has 0 bridgehead atoms. The second kappa shape index (κ2) is 10.3. The zero-order valence-corrected chi connectivity index (χ0v) is 20.7. The summed E-state index contributed by atoms with van der Waals surface area (Å²) in [6.07, 6.45) is 5.64. The highest BCUT2D eigenvalue weighted by Gasteiger charge is 2.22. The van der Waals surface area contributed by atoms with E-state index in [2.05, 4.69) is 66.3 Å². The van der Waals surface area contributed by atoms with Gasteiger partial charge in [0.05, 0.1) is 17.7 Å². The fourth-order valence-corrected chi connectivity index (χ4v) is 4.51. The number of anilines is 2. The molecule has 4 rings (SSSR count). The number of morpholine rings is 1. The summed E-state index contributed by atoms with van der Waals surface area (Å²) in [5.74, 6) is 0.557. The molecule has 2 aromatic carbocycles.